The predicted molar refractivity (Wildman–Crippen MR) is 175 cm³/mol. The zero-order valence-electron chi connectivity index (χ0n) is 24.6. The molecule has 3 aromatic rings. The summed E-state index contributed by atoms with van der Waals surface area (Å²) in [7, 11) is -4.14. The van der Waals surface area contributed by atoms with Gasteiger partial charge in [-0.1, -0.05) is 66.2 Å². The van der Waals surface area contributed by atoms with Gasteiger partial charge >= 0.3 is 0 Å². The molecule has 1 fully saturated rings. The Balaban J connectivity index is 1.68. The van der Waals surface area contributed by atoms with E-state index in [9.17, 15) is 18.0 Å². The molecular weight excluding hydrogens is 625 g/mol. The second-order valence-electron chi connectivity index (χ2n) is 10.8. The fourth-order valence-corrected chi connectivity index (χ4v) is 7.24. The fraction of sp³-hybridized carbons (Fsp3) is 0.375. The van der Waals surface area contributed by atoms with Gasteiger partial charge in [0.05, 0.1) is 20.6 Å². The highest BCUT2D eigenvalue weighted by Gasteiger charge is 2.33. The van der Waals surface area contributed by atoms with Crippen molar-refractivity contribution in [2.45, 2.75) is 74.4 Å². The molecule has 0 radical (unpaired) electrons. The van der Waals surface area contributed by atoms with Crippen LogP contribution in [0.1, 0.15) is 50.2 Å². The maximum Gasteiger partial charge on any atom is 0.264 e. The summed E-state index contributed by atoms with van der Waals surface area (Å²) in [5.41, 5.74) is 1.96. The second kappa shape index (κ2) is 14.8. The molecule has 0 bridgehead atoms. The highest BCUT2D eigenvalue weighted by Crippen LogP contribution is 2.28. The van der Waals surface area contributed by atoms with Crippen molar-refractivity contribution in [1.29, 1.82) is 0 Å². The number of hydrogen-bond acceptors (Lipinski definition) is 5. The van der Waals surface area contributed by atoms with E-state index in [-0.39, 0.29) is 23.4 Å². The molecule has 2 amide bonds. The van der Waals surface area contributed by atoms with Crippen LogP contribution in [0.4, 0.5) is 5.69 Å². The maximum atomic E-state index is 14.1. The highest BCUT2D eigenvalue weighted by molar-refractivity contribution is 7.98. The van der Waals surface area contributed by atoms with Crippen LogP contribution < -0.4 is 9.62 Å². The van der Waals surface area contributed by atoms with Crippen molar-refractivity contribution in [3.8, 4) is 0 Å². The van der Waals surface area contributed by atoms with Crippen LogP contribution in [-0.2, 0) is 26.2 Å². The van der Waals surface area contributed by atoms with Gasteiger partial charge in [0.15, 0.2) is 0 Å². The Bertz CT molecular complexity index is 1530. The van der Waals surface area contributed by atoms with Gasteiger partial charge in [0.2, 0.25) is 11.8 Å². The molecule has 0 aromatic heterocycles. The Morgan fingerprint density at radius 3 is 2.21 bits per heavy atom. The number of halogens is 2. The first-order valence-electron chi connectivity index (χ1n) is 14.3. The molecule has 0 heterocycles. The summed E-state index contributed by atoms with van der Waals surface area (Å²) in [5, 5.41) is 3.80. The fourth-order valence-electron chi connectivity index (χ4n) is 5.10. The molecule has 1 N–H and O–H groups in total. The Morgan fingerprint density at radius 1 is 0.953 bits per heavy atom. The van der Waals surface area contributed by atoms with Gasteiger partial charge in [0, 0.05) is 17.5 Å². The monoisotopic (exact) mass is 661 g/mol. The third-order valence-corrected chi connectivity index (χ3v) is 11.0. The summed E-state index contributed by atoms with van der Waals surface area (Å²) in [4.78, 5) is 30.0. The molecule has 230 valence electrons. The van der Waals surface area contributed by atoms with E-state index in [0.717, 1.165) is 46.9 Å². The quantitative estimate of drug-likeness (QED) is 0.222. The SMILES string of the molecule is CSc1ccc(S(=O)(=O)N(CC(=O)N(Cc2ccc(Cl)c(Cl)c2)[C@@H](C)C(=O)NC2CCCCC2)c2ccc(C)cc2)cc1. The van der Waals surface area contributed by atoms with Gasteiger partial charge in [-0.05, 0) is 87.0 Å². The van der Waals surface area contributed by atoms with Crippen molar-refractivity contribution < 1.29 is 18.0 Å². The van der Waals surface area contributed by atoms with Crippen molar-refractivity contribution in [1.82, 2.24) is 10.2 Å². The minimum Gasteiger partial charge on any atom is -0.352 e. The number of rotatable bonds is 11. The summed E-state index contributed by atoms with van der Waals surface area (Å²) >= 11 is 13.9. The minimum atomic E-state index is -4.14. The summed E-state index contributed by atoms with van der Waals surface area (Å²) in [6.07, 6.45) is 6.95. The lowest BCUT2D eigenvalue weighted by atomic mass is 9.95. The third kappa shape index (κ3) is 8.47. The Hall–Kier alpha value is -2.72. The number of benzene rings is 3. The van der Waals surface area contributed by atoms with E-state index in [4.69, 9.17) is 23.2 Å². The average molecular weight is 663 g/mol. The molecule has 7 nitrogen and oxygen atoms in total. The van der Waals surface area contributed by atoms with Crippen molar-refractivity contribution in [2.75, 3.05) is 17.1 Å². The number of carbonyl (C=O) groups excluding carboxylic acids is 2. The van der Waals surface area contributed by atoms with Crippen molar-refractivity contribution in [3.05, 3.63) is 87.9 Å². The number of sulfonamides is 1. The number of nitrogens with zero attached hydrogens (tertiary/aromatic N) is 2. The first-order chi connectivity index (χ1) is 20.5. The molecule has 0 saturated heterocycles. The molecular formula is C32H37Cl2N3O4S2. The average Bonchev–Trinajstić information content (AvgIpc) is 3.01. The van der Waals surface area contributed by atoms with Gasteiger partial charge in [-0.15, -0.1) is 11.8 Å². The molecule has 4 rings (SSSR count). The van der Waals surface area contributed by atoms with Crippen LogP contribution in [0.25, 0.3) is 0 Å². The number of thioether (sulfide) groups is 1. The van der Waals surface area contributed by atoms with Gasteiger partial charge in [0.25, 0.3) is 10.0 Å². The number of amides is 2. The van der Waals surface area contributed by atoms with Crippen molar-refractivity contribution in [3.63, 3.8) is 0 Å². The van der Waals surface area contributed by atoms with Crippen LogP contribution in [-0.4, -0.2) is 50.0 Å². The van der Waals surface area contributed by atoms with Crippen molar-refractivity contribution >= 4 is 62.5 Å². The standard InChI is InChI=1S/C32H37Cl2N3O4S2/c1-22-9-12-26(13-10-22)37(43(40,41)28-16-14-27(42-3)15-17-28)21-31(38)36(20-24-11-18-29(33)30(34)19-24)23(2)32(39)35-25-7-5-4-6-8-25/h9-19,23,25H,4-8,20-21H2,1-3H3,(H,35,39)/t23-/m0/s1. The van der Waals surface area contributed by atoms with E-state index >= 15 is 0 Å². The molecule has 1 aliphatic carbocycles. The van der Waals surface area contributed by atoms with E-state index in [1.165, 1.54) is 16.7 Å². The predicted octanol–water partition coefficient (Wildman–Crippen LogP) is 7.09. The van der Waals surface area contributed by atoms with E-state index in [1.54, 1.807) is 73.7 Å². The number of nitrogens with one attached hydrogen (secondary N) is 1. The lowest BCUT2D eigenvalue weighted by molar-refractivity contribution is -0.139. The number of aryl methyl sites for hydroxylation is 1. The molecule has 0 aliphatic heterocycles. The van der Waals surface area contributed by atoms with E-state index < -0.39 is 28.5 Å². The van der Waals surface area contributed by atoms with Crippen LogP contribution in [0, 0.1) is 6.92 Å². The highest BCUT2D eigenvalue weighted by atomic mass is 35.5. The normalized spacial score (nSPS) is 14.6. The van der Waals surface area contributed by atoms with Gasteiger partial charge in [-0.2, -0.15) is 0 Å². The van der Waals surface area contributed by atoms with Crippen LogP contribution >= 0.6 is 35.0 Å². The van der Waals surface area contributed by atoms with Gasteiger partial charge in [0.1, 0.15) is 12.6 Å². The van der Waals surface area contributed by atoms with E-state index in [1.807, 2.05) is 13.2 Å². The molecule has 43 heavy (non-hydrogen) atoms. The number of hydrogen-bond donors (Lipinski definition) is 1. The van der Waals surface area contributed by atoms with Crippen LogP contribution in [0.15, 0.2) is 76.5 Å². The van der Waals surface area contributed by atoms with Gasteiger partial charge in [-0.25, -0.2) is 8.42 Å². The largest absolute Gasteiger partial charge is 0.352 e. The Labute approximate surface area is 269 Å². The molecule has 11 heteroatoms. The molecule has 1 aliphatic rings. The smallest absolute Gasteiger partial charge is 0.264 e. The number of carbonyl (C=O) groups is 2. The van der Waals surface area contributed by atoms with Gasteiger partial charge in [-0.3, -0.25) is 13.9 Å². The summed E-state index contributed by atoms with van der Waals surface area (Å²) in [6, 6.07) is 17.7. The Morgan fingerprint density at radius 2 is 1.60 bits per heavy atom. The number of anilines is 1. The van der Waals surface area contributed by atoms with Crippen molar-refractivity contribution in [2.24, 2.45) is 0 Å². The van der Waals surface area contributed by atoms with Gasteiger partial charge < -0.3 is 10.2 Å². The molecule has 3 aromatic carbocycles. The summed E-state index contributed by atoms with van der Waals surface area (Å²) in [6.45, 7) is 3.11. The second-order valence-corrected chi connectivity index (χ2v) is 14.4. The third-order valence-electron chi connectivity index (χ3n) is 7.70. The maximum absolute atomic E-state index is 14.1. The first-order valence-corrected chi connectivity index (χ1v) is 17.7. The van der Waals surface area contributed by atoms with Crippen LogP contribution in [0.3, 0.4) is 0 Å². The Kier molecular flexibility index (Phi) is 11.5. The first kappa shape index (κ1) is 33.2. The lowest BCUT2D eigenvalue weighted by Gasteiger charge is -2.33. The minimum absolute atomic E-state index is 0.0409. The van der Waals surface area contributed by atoms with E-state index in [2.05, 4.69) is 5.32 Å². The van der Waals surface area contributed by atoms with E-state index in [0.29, 0.717) is 21.3 Å². The zero-order chi connectivity index (χ0) is 31.1. The summed E-state index contributed by atoms with van der Waals surface area (Å²) in [5.74, 6) is -0.806. The molecule has 0 spiro atoms. The molecule has 0 unspecified atom stereocenters. The zero-order valence-corrected chi connectivity index (χ0v) is 27.7. The summed E-state index contributed by atoms with van der Waals surface area (Å²) < 4.78 is 29.1. The van der Waals surface area contributed by atoms with Crippen LogP contribution in [0.5, 0.6) is 0 Å². The molecule has 1 saturated carbocycles. The topological polar surface area (TPSA) is 86.8 Å². The van der Waals surface area contributed by atoms with Crippen LogP contribution in [0.2, 0.25) is 10.0 Å². The lowest BCUT2D eigenvalue weighted by Crippen LogP contribution is -2.53. The molecule has 1 atom stereocenters.